The molecule has 1 fully saturated rings. The molecule has 15 heavy (non-hydrogen) atoms. The summed E-state index contributed by atoms with van der Waals surface area (Å²) in [4.78, 5) is 6.98. The normalized spacial score (nSPS) is 19.7. The average Bonchev–Trinajstić information content (AvgIpc) is 2.61. The van der Waals surface area contributed by atoms with Gasteiger partial charge in [-0.3, -0.25) is 0 Å². The van der Waals surface area contributed by atoms with Gasteiger partial charge in [0.1, 0.15) is 0 Å². The van der Waals surface area contributed by atoms with Gasteiger partial charge in [-0.2, -0.15) is 0 Å². The highest BCUT2D eigenvalue weighted by atomic mass is 79.9. The summed E-state index contributed by atoms with van der Waals surface area (Å²) in [6, 6.07) is 0. The summed E-state index contributed by atoms with van der Waals surface area (Å²) in [6.45, 7) is 2.89. The van der Waals surface area contributed by atoms with Crippen molar-refractivity contribution < 1.29 is 0 Å². The van der Waals surface area contributed by atoms with Crippen molar-refractivity contribution in [3.05, 3.63) is 14.5 Å². The van der Waals surface area contributed by atoms with Gasteiger partial charge in [0.2, 0.25) is 0 Å². The molecule has 1 aromatic heterocycles. The molecule has 0 saturated carbocycles. The van der Waals surface area contributed by atoms with E-state index in [1.54, 1.807) is 11.3 Å². The second-order valence-corrected chi connectivity index (χ2v) is 6.40. The number of hydrogen-bond donors (Lipinski definition) is 1. The van der Waals surface area contributed by atoms with Gasteiger partial charge in [-0.15, -0.1) is 11.3 Å². The Kier molecular flexibility index (Phi) is 3.77. The highest BCUT2D eigenvalue weighted by Gasteiger charge is 2.22. The number of likely N-dealkylation sites (tertiary alicyclic amines) is 1. The van der Waals surface area contributed by atoms with Crippen LogP contribution in [-0.4, -0.2) is 30.0 Å². The molecule has 2 heterocycles. The van der Waals surface area contributed by atoms with Crippen molar-refractivity contribution >= 4 is 27.3 Å². The lowest BCUT2D eigenvalue weighted by molar-refractivity contribution is 0.255. The van der Waals surface area contributed by atoms with Crippen molar-refractivity contribution in [1.29, 1.82) is 0 Å². The summed E-state index contributed by atoms with van der Waals surface area (Å²) >= 11 is 5.28. The summed E-state index contributed by atoms with van der Waals surface area (Å²) in [5.41, 5.74) is 6.63. The van der Waals surface area contributed by atoms with Crippen molar-refractivity contribution in [2.45, 2.75) is 25.3 Å². The first-order chi connectivity index (χ1) is 7.20. The molecule has 1 saturated heterocycles. The first-order valence-electron chi connectivity index (χ1n) is 5.24. The number of aromatic nitrogens is 1. The van der Waals surface area contributed by atoms with Crippen LogP contribution in [0.3, 0.4) is 0 Å². The van der Waals surface area contributed by atoms with E-state index in [1.165, 1.54) is 30.9 Å². The fourth-order valence-corrected chi connectivity index (χ4v) is 3.64. The summed E-state index contributed by atoms with van der Waals surface area (Å²) in [7, 11) is 2.18. The van der Waals surface area contributed by atoms with Crippen LogP contribution >= 0.6 is 27.3 Å². The van der Waals surface area contributed by atoms with E-state index in [-0.39, 0.29) is 0 Å². The SMILES string of the molecule is CN1CCC(c2nc(CN)c(Br)s2)CC1. The van der Waals surface area contributed by atoms with Gasteiger partial charge in [-0.1, -0.05) is 0 Å². The minimum absolute atomic E-state index is 0.531. The van der Waals surface area contributed by atoms with Gasteiger partial charge in [-0.25, -0.2) is 4.98 Å². The Bertz CT molecular complexity index is 331. The largest absolute Gasteiger partial charge is 0.325 e. The second-order valence-electron chi connectivity index (χ2n) is 4.05. The molecule has 0 spiro atoms. The van der Waals surface area contributed by atoms with E-state index in [1.807, 2.05) is 0 Å². The van der Waals surface area contributed by atoms with Gasteiger partial charge >= 0.3 is 0 Å². The standard InChI is InChI=1S/C10H16BrN3S/c1-14-4-2-7(3-5-14)10-13-8(6-12)9(11)15-10/h7H,2-6,12H2,1H3. The molecule has 0 radical (unpaired) electrons. The summed E-state index contributed by atoms with van der Waals surface area (Å²) in [5, 5.41) is 1.26. The number of halogens is 1. The molecule has 1 aliphatic heterocycles. The lowest BCUT2D eigenvalue weighted by Crippen LogP contribution is -2.29. The van der Waals surface area contributed by atoms with Gasteiger partial charge in [0.05, 0.1) is 14.5 Å². The van der Waals surface area contributed by atoms with Gasteiger partial charge in [0.25, 0.3) is 0 Å². The fourth-order valence-electron chi connectivity index (χ4n) is 1.91. The van der Waals surface area contributed by atoms with Gasteiger partial charge in [0, 0.05) is 12.5 Å². The van der Waals surface area contributed by atoms with Gasteiger partial charge < -0.3 is 10.6 Å². The minimum atomic E-state index is 0.531. The Morgan fingerprint density at radius 1 is 1.53 bits per heavy atom. The minimum Gasteiger partial charge on any atom is -0.325 e. The molecular weight excluding hydrogens is 274 g/mol. The van der Waals surface area contributed by atoms with E-state index in [0.717, 1.165) is 9.48 Å². The molecule has 0 amide bonds. The Morgan fingerprint density at radius 3 is 2.73 bits per heavy atom. The first-order valence-corrected chi connectivity index (χ1v) is 6.85. The van der Waals surface area contributed by atoms with Crippen LogP contribution in [0.25, 0.3) is 0 Å². The van der Waals surface area contributed by atoms with E-state index >= 15 is 0 Å². The molecule has 0 aliphatic carbocycles. The molecule has 0 unspecified atom stereocenters. The third kappa shape index (κ3) is 2.58. The Labute approximate surface area is 103 Å². The summed E-state index contributed by atoms with van der Waals surface area (Å²) in [6.07, 6.45) is 2.45. The number of rotatable bonds is 2. The van der Waals surface area contributed by atoms with E-state index in [0.29, 0.717) is 12.5 Å². The van der Waals surface area contributed by atoms with Crippen LogP contribution in [0.4, 0.5) is 0 Å². The maximum Gasteiger partial charge on any atom is 0.0972 e. The molecule has 2 N–H and O–H groups in total. The zero-order chi connectivity index (χ0) is 10.8. The predicted octanol–water partition coefficient (Wildman–Crippen LogP) is 2.17. The molecular formula is C10H16BrN3S. The molecule has 0 atom stereocenters. The van der Waals surface area contributed by atoms with E-state index in [4.69, 9.17) is 5.73 Å². The Balaban J connectivity index is 2.09. The van der Waals surface area contributed by atoms with Gasteiger partial charge in [-0.05, 0) is 48.9 Å². The number of hydrogen-bond acceptors (Lipinski definition) is 4. The van der Waals surface area contributed by atoms with Crippen molar-refractivity contribution in [1.82, 2.24) is 9.88 Å². The van der Waals surface area contributed by atoms with Crippen molar-refractivity contribution in [3.8, 4) is 0 Å². The molecule has 1 aliphatic rings. The first kappa shape index (κ1) is 11.5. The topological polar surface area (TPSA) is 42.2 Å². The Morgan fingerprint density at radius 2 is 2.20 bits per heavy atom. The maximum atomic E-state index is 5.62. The monoisotopic (exact) mass is 289 g/mol. The third-order valence-corrected chi connectivity index (χ3v) is 4.92. The molecule has 3 nitrogen and oxygen atoms in total. The molecule has 84 valence electrons. The molecule has 0 aromatic carbocycles. The second kappa shape index (κ2) is 4.91. The number of nitrogens with zero attached hydrogens (tertiary/aromatic N) is 2. The maximum absolute atomic E-state index is 5.62. The number of thiazole rings is 1. The molecule has 5 heteroatoms. The number of nitrogens with two attached hydrogens (primary N) is 1. The smallest absolute Gasteiger partial charge is 0.0972 e. The highest BCUT2D eigenvalue weighted by molar-refractivity contribution is 9.11. The van der Waals surface area contributed by atoms with Crippen LogP contribution in [0.5, 0.6) is 0 Å². The van der Waals surface area contributed by atoms with Crippen LogP contribution in [0.15, 0.2) is 3.79 Å². The predicted molar refractivity (Wildman–Crippen MR) is 67.2 cm³/mol. The average molecular weight is 290 g/mol. The van der Waals surface area contributed by atoms with Gasteiger partial charge in [0.15, 0.2) is 0 Å². The van der Waals surface area contributed by atoms with Crippen LogP contribution in [0.2, 0.25) is 0 Å². The fraction of sp³-hybridized carbons (Fsp3) is 0.700. The van der Waals surface area contributed by atoms with E-state index in [9.17, 15) is 0 Å². The highest BCUT2D eigenvalue weighted by Crippen LogP contribution is 2.34. The number of piperidine rings is 1. The third-order valence-electron chi connectivity index (χ3n) is 2.93. The lowest BCUT2D eigenvalue weighted by Gasteiger charge is -2.27. The summed E-state index contributed by atoms with van der Waals surface area (Å²) in [5.74, 6) is 0.641. The van der Waals surface area contributed by atoms with E-state index < -0.39 is 0 Å². The van der Waals surface area contributed by atoms with E-state index in [2.05, 4.69) is 32.9 Å². The van der Waals surface area contributed by atoms with Crippen molar-refractivity contribution in [2.75, 3.05) is 20.1 Å². The van der Waals surface area contributed by atoms with Crippen molar-refractivity contribution in [2.24, 2.45) is 5.73 Å². The molecule has 2 rings (SSSR count). The van der Waals surface area contributed by atoms with Crippen LogP contribution in [0, 0.1) is 0 Å². The quantitative estimate of drug-likeness (QED) is 0.907. The molecule has 1 aromatic rings. The molecule has 0 bridgehead atoms. The zero-order valence-corrected chi connectivity index (χ0v) is 11.3. The lowest BCUT2D eigenvalue weighted by atomic mass is 9.98. The zero-order valence-electron chi connectivity index (χ0n) is 8.87. The van der Waals surface area contributed by atoms with Crippen molar-refractivity contribution in [3.63, 3.8) is 0 Å². The van der Waals surface area contributed by atoms with Crippen LogP contribution < -0.4 is 5.73 Å². The Hall–Kier alpha value is 0.0300. The van der Waals surface area contributed by atoms with Crippen LogP contribution in [-0.2, 0) is 6.54 Å². The van der Waals surface area contributed by atoms with Crippen LogP contribution in [0.1, 0.15) is 29.5 Å². The summed E-state index contributed by atoms with van der Waals surface area (Å²) < 4.78 is 1.11.